The molecule has 2 rings (SSSR count). The maximum absolute atomic E-state index is 11.4. The first-order valence-corrected chi connectivity index (χ1v) is 9.06. The number of hydrogen-bond acceptors (Lipinski definition) is 3. The van der Waals surface area contributed by atoms with E-state index in [1.807, 2.05) is 27.5 Å². The fourth-order valence-corrected chi connectivity index (χ4v) is 4.08. The van der Waals surface area contributed by atoms with Gasteiger partial charge in [0, 0.05) is 0 Å². The van der Waals surface area contributed by atoms with Crippen LogP contribution in [0.4, 0.5) is 0 Å². The molecule has 1 amide bonds. The quantitative estimate of drug-likeness (QED) is 0.615. The van der Waals surface area contributed by atoms with Crippen LogP contribution in [0.1, 0.15) is 6.42 Å². The number of aryl methyl sites for hydroxylation is 1. The number of fused-ring (bicyclic) bond motifs is 1. The first-order chi connectivity index (χ1) is 8.46. The van der Waals surface area contributed by atoms with E-state index in [1.54, 1.807) is 0 Å². The van der Waals surface area contributed by atoms with Crippen molar-refractivity contribution in [2.75, 3.05) is 6.26 Å². The predicted molar refractivity (Wildman–Crippen MR) is 68.7 cm³/mol. The van der Waals surface area contributed by atoms with Crippen molar-refractivity contribution in [3.63, 3.8) is 0 Å². The molecule has 0 aliphatic carbocycles. The number of carbonyl (C=O) groups is 1. The molecule has 2 aromatic rings. The van der Waals surface area contributed by atoms with Gasteiger partial charge in [-0.2, -0.15) is 0 Å². The van der Waals surface area contributed by atoms with Crippen LogP contribution >= 0.6 is 0 Å². The first kappa shape index (κ1) is 13.3. The normalized spacial score (nSPS) is 11.6. The van der Waals surface area contributed by atoms with Crippen LogP contribution in [0.15, 0.2) is 29.3 Å². The molecule has 0 saturated heterocycles. The summed E-state index contributed by atoms with van der Waals surface area (Å²) in [5.41, 5.74) is 1.12. The van der Waals surface area contributed by atoms with Crippen molar-refractivity contribution in [3.05, 3.63) is 29.3 Å². The molecule has 0 atom stereocenters. The van der Waals surface area contributed by atoms with Gasteiger partial charge >= 0.3 is 111 Å². The van der Waals surface area contributed by atoms with Crippen molar-refractivity contribution >= 4 is 40.2 Å². The Morgan fingerprint density at radius 1 is 1.39 bits per heavy atom. The molecule has 0 aliphatic rings. The summed E-state index contributed by atoms with van der Waals surface area (Å²) < 4.78 is 27.0. The molecular formula is C11H13N2O3SSe+. The van der Waals surface area contributed by atoms with Gasteiger partial charge in [0.05, 0.1) is 0 Å². The van der Waals surface area contributed by atoms with Crippen LogP contribution in [0.2, 0.25) is 0 Å². The Bertz CT molecular complexity index is 678. The van der Waals surface area contributed by atoms with Crippen molar-refractivity contribution in [2.45, 2.75) is 13.0 Å². The summed E-state index contributed by atoms with van der Waals surface area (Å²) in [7, 11) is -3.45. The number of nitrogens with one attached hydrogen (secondary N) is 1. The summed E-state index contributed by atoms with van der Waals surface area (Å²) in [5, 5.41) is 2.07. The van der Waals surface area contributed by atoms with Crippen molar-refractivity contribution in [1.29, 1.82) is 0 Å². The minimum absolute atomic E-state index is 0.161. The number of para-hydroxylation sites is 1. The Hall–Kier alpha value is -1.17. The molecule has 0 aliphatic heterocycles. The number of carbonyl (C=O) groups excluding carboxylic acids is 1. The van der Waals surface area contributed by atoms with Crippen LogP contribution in [0.25, 0.3) is 9.78 Å². The molecule has 0 saturated carbocycles. The number of rotatable bonds is 4. The van der Waals surface area contributed by atoms with Crippen LogP contribution in [-0.2, 0) is 21.4 Å². The zero-order valence-corrected chi connectivity index (χ0v) is 12.3. The molecule has 1 aromatic carbocycles. The summed E-state index contributed by atoms with van der Waals surface area (Å²) in [6.45, 7) is 0.500. The fourth-order valence-electron chi connectivity index (χ4n) is 1.62. The van der Waals surface area contributed by atoms with Gasteiger partial charge in [0.25, 0.3) is 0 Å². The molecule has 0 unspecified atom stereocenters. The van der Waals surface area contributed by atoms with Gasteiger partial charge in [0.1, 0.15) is 0 Å². The molecular weight excluding hydrogens is 319 g/mol. The van der Waals surface area contributed by atoms with Gasteiger partial charge in [-0.3, -0.25) is 0 Å². The molecule has 0 bridgehead atoms. The molecule has 5 nitrogen and oxygen atoms in total. The number of hydrogen-bond donors (Lipinski definition) is 1. The van der Waals surface area contributed by atoms with Gasteiger partial charge in [-0.15, -0.1) is 0 Å². The van der Waals surface area contributed by atoms with Gasteiger partial charge in [0.15, 0.2) is 0 Å². The van der Waals surface area contributed by atoms with Gasteiger partial charge < -0.3 is 0 Å². The van der Waals surface area contributed by atoms with Gasteiger partial charge in [-0.1, -0.05) is 0 Å². The average molecular weight is 332 g/mol. The molecule has 96 valence electrons. The Morgan fingerprint density at radius 2 is 2.11 bits per heavy atom. The van der Waals surface area contributed by atoms with E-state index < -0.39 is 15.9 Å². The Labute approximate surface area is 111 Å². The van der Waals surface area contributed by atoms with E-state index in [2.05, 4.69) is 11.1 Å². The van der Waals surface area contributed by atoms with Gasteiger partial charge in [0.2, 0.25) is 0 Å². The molecule has 18 heavy (non-hydrogen) atoms. The van der Waals surface area contributed by atoms with Crippen molar-refractivity contribution in [1.82, 2.24) is 4.72 Å². The number of nitrogens with zero attached hydrogens (tertiary/aromatic N) is 1. The average Bonchev–Trinajstić information content (AvgIpc) is 2.67. The Morgan fingerprint density at radius 3 is 2.83 bits per heavy atom. The monoisotopic (exact) mass is 333 g/mol. The van der Waals surface area contributed by atoms with Gasteiger partial charge in [-0.05, 0) is 0 Å². The third kappa shape index (κ3) is 3.41. The molecule has 1 N–H and O–H groups in total. The third-order valence-corrected chi connectivity index (χ3v) is 4.97. The molecule has 1 aromatic heterocycles. The summed E-state index contributed by atoms with van der Waals surface area (Å²) in [5.74, 6) is -0.470. The van der Waals surface area contributed by atoms with E-state index in [9.17, 15) is 13.2 Å². The van der Waals surface area contributed by atoms with Crippen molar-refractivity contribution in [2.24, 2.45) is 0 Å². The number of benzene rings is 1. The number of amides is 1. The number of sulfonamides is 1. The van der Waals surface area contributed by atoms with E-state index in [4.69, 9.17) is 0 Å². The number of aromatic nitrogens is 1. The van der Waals surface area contributed by atoms with E-state index in [0.717, 1.165) is 11.8 Å². The summed E-state index contributed by atoms with van der Waals surface area (Å²) in [6.07, 6.45) is 1.14. The summed E-state index contributed by atoms with van der Waals surface area (Å²) in [6, 6.07) is 8.03. The molecule has 7 heteroatoms. The van der Waals surface area contributed by atoms with Crippen molar-refractivity contribution in [3.8, 4) is 0 Å². The maximum atomic E-state index is 11.4. The summed E-state index contributed by atoms with van der Waals surface area (Å²) >= 11 is 0.296. The second kappa shape index (κ2) is 5.22. The summed E-state index contributed by atoms with van der Waals surface area (Å²) in [4.78, 5) is 11.4. The Balaban J connectivity index is 2.05. The molecule has 0 radical (unpaired) electrons. The topological polar surface area (TPSA) is 67.1 Å². The van der Waals surface area contributed by atoms with Crippen LogP contribution in [-0.4, -0.2) is 35.1 Å². The molecule has 1 heterocycles. The van der Waals surface area contributed by atoms with Crippen LogP contribution in [0.3, 0.4) is 0 Å². The van der Waals surface area contributed by atoms with Gasteiger partial charge in [-0.25, -0.2) is 0 Å². The second-order valence-corrected chi connectivity index (χ2v) is 7.54. The molecule has 0 fully saturated rings. The first-order valence-electron chi connectivity index (χ1n) is 5.32. The van der Waals surface area contributed by atoms with Crippen LogP contribution in [0.5, 0.6) is 0 Å². The predicted octanol–water partition coefficient (Wildman–Crippen LogP) is -0.350. The van der Waals surface area contributed by atoms with E-state index in [-0.39, 0.29) is 6.42 Å². The van der Waals surface area contributed by atoms with E-state index in [0.29, 0.717) is 21.0 Å². The van der Waals surface area contributed by atoms with E-state index in [1.165, 1.54) is 4.26 Å². The standard InChI is InChI=1S/C11H12N2O3SSe/c1-17(15,16)12-11(14)6-7-13-8-18-10-5-3-2-4-9(10)13/h2-5,8H,6-7H2,1H3/p+1. The van der Waals surface area contributed by atoms with Crippen LogP contribution < -0.4 is 9.29 Å². The van der Waals surface area contributed by atoms with E-state index >= 15 is 0 Å². The zero-order valence-electron chi connectivity index (χ0n) is 9.79. The second-order valence-electron chi connectivity index (χ2n) is 3.93. The minimum atomic E-state index is -3.45. The zero-order chi connectivity index (χ0) is 13.2. The molecule has 0 spiro atoms. The van der Waals surface area contributed by atoms with Crippen molar-refractivity contribution < 1.29 is 17.8 Å². The SMILES string of the molecule is CS(=O)(=O)NC(=O)CC[n+]1c[se]c2ccccc21. The third-order valence-electron chi connectivity index (χ3n) is 2.36. The van der Waals surface area contributed by atoms with Crippen LogP contribution in [0, 0.1) is 0 Å². The Kier molecular flexibility index (Phi) is 3.85. The fraction of sp³-hybridized carbons (Fsp3) is 0.273.